The summed E-state index contributed by atoms with van der Waals surface area (Å²) in [5.41, 5.74) is 9.16. The highest BCUT2D eigenvalue weighted by Gasteiger charge is 2.07. The molecule has 0 bridgehead atoms. The third kappa shape index (κ3) is 2.62. The molecule has 0 atom stereocenters. The first kappa shape index (κ1) is 12.0. The fourth-order valence-electron chi connectivity index (χ4n) is 1.70. The van der Waals surface area contributed by atoms with E-state index in [9.17, 15) is 0 Å². The molecule has 0 unspecified atom stereocenters. The first-order valence-corrected chi connectivity index (χ1v) is 6.44. The highest BCUT2D eigenvalue weighted by molar-refractivity contribution is 7.15. The van der Waals surface area contributed by atoms with Gasteiger partial charge in [0.2, 0.25) is 5.13 Å². The molecule has 90 valence electrons. The molecule has 0 fully saturated rings. The quantitative estimate of drug-likeness (QED) is 0.873. The molecule has 0 saturated carbocycles. The van der Waals surface area contributed by atoms with Crippen LogP contribution in [0.5, 0.6) is 0 Å². The zero-order valence-electron chi connectivity index (χ0n) is 10.0. The van der Waals surface area contributed by atoms with Gasteiger partial charge in [-0.1, -0.05) is 36.5 Å². The van der Waals surface area contributed by atoms with E-state index < -0.39 is 0 Å². The lowest BCUT2D eigenvalue weighted by Gasteiger charge is -2.11. The molecule has 1 aromatic carbocycles. The molecule has 1 aromatic heterocycles. The van der Waals surface area contributed by atoms with Gasteiger partial charge < -0.3 is 11.1 Å². The molecule has 0 radical (unpaired) electrons. The minimum absolute atomic E-state index is 0.438. The van der Waals surface area contributed by atoms with E-state index in [2.05, 4.69) is 47.6 Å². The Morgan fingerprint density at radius 3 is 2.82 bits per heavy atom. The predicted molar refractivity (Wildman–Crippen MR) is 71.6 cm³/mol. The van der Waals surface area contributed by atoms with Crippen LogP contribution < -0.4 is 11.1 Å². The van der Waals surface area contributed by atoms with Crippen LogP contribution in [0.2, 0.25) is 0 Å². The Balaban J connectivity index is 2.28. The maximum Gasteiger partial charge on any atom is 0.210 e. The van der Waals surface area contributed by atoms with Crippen LogP contribution in [-0.4, -0.2) is 10.2 Å². The Morgan fingerprint density at radius 2 is 2.18 bits per heavy atom. The Bertz CT molecular complexity index is 507. The number of aryl methyl sites for hydroxylation is 2. The molecule has 2 aromatic rings. The van der Waals surface area contributed by atoms with Crippen molar-refractivity contribution in [1.82, 2.24) is 10.2 Å². The van der Waals surface area contributed by atoms with Crippen molar-refractivity contribution in [3.63, 3.8) is 0 Å². The molecule has 0 aliphatic rings. The van der Waals surface area contributed by atoms with E-state index in [0.29, 0.717) is 6.54 Å². The fourth-order valence-corrected chi connectivity index (χ4v) is 2.32. The average Bonchev–Trinajstić information content (AvgIpc) is 2.79. The number of aromatic nitrogens is 2. The molecule has 0 aliphatic heterocycles. The van der Waals surface area contributed by atoms with E-state index in [-0.39, 0.29) is 0 Å². The van der Waals surface area contributed by atoms with Gasteiger partial charge in [0.05, 0.1) is 0 Å². The van der Waals surface area contributed by atoms with Gasteiger partial charge in [0, 0.05) is 12.2 Å². The Kier molecular flexibility index (Phi) is 3.71. The number of benzene rings is 1. The summed E-state index contributed by atoms with van der Waals surface area (Å²) in [6.07, 6.45) is 0.993. The summed E-state index contributed by atoms with van der Waals surface area (Å²) in [6.45, 7) is 4.67. The molecule has 2 rings (SSSR count). The minimum atomic E-state index is 0.438. The first-order valence-electron chi connectivity index (χ1n) is 5.62. The van der Waals surface area contributed by atoms with Crippen LogP contribution in [0.15, 0.2) is 18.2 Å². The van der Waals surface area contributed by atoms with Gasteiger partial charge in [0.15, 0.2) is 0 Å². The van der Waals surface area contributed by atoms with Crippen LogP contribution >= 0.6 is 11.3 Å². The highest BCUT2D eigenvalue weighted by atomic mass is 32.1. The maximum atomic E-state index is 5.52. The van der Waals surface area contributed by atoms with Crippen molar-refractivity contribution in [3.05, 3.63) is 34.3 Å². The standard InChI is InChI=1S/C12H16N4S/c1-3-9-6-4-5-8(2)11(9)14-12-16-15-10(7-13)17-12/h4-6H,3,7,13H2,1-2H3,(H,14,16). The molecule has 17 heavy (non-hydrogen) atoms. The van der Waals surface area contributed by atoms with Gasteiger partial charge in [-0.3, -0.25) is 0 Å². The lowest BCUT2D eigenvalue weighted by Crippen LogP contribution is -1.97. The molecular formula is C12H16N4S. The van der Waals surface area contributed by atoms with Crippen LogP contribution in [0.3, 0.4) is 0 Å². The monoisotopic (exact) mass is 248 g/mol. The first-order chi connectivity index (χ1) is 8.24. The molecule has 0 saturated heterocycles. The van der Waals surface area contributed by atoms with E-state index >= 15 is 0 Å². The van der Waals surface area contributed by atoms with Crippen LogP contribution in [-0.2, 0) is 13.0 Å². The smallest absolute Gasteiger partial charge is 0.210 e. The van der Waals surface area contributed by atoms with Crippen molar-refractivity contribution >= 4 is 22.2 Å². The molecule has 0 amide bonds. The number of para-hydroxylation sites is 1. The molecule has 1 heterocycles. The highest BCUT2D eigenvalue weighted by Crippen LogP contribution is 2.26. The number of nitrogens with two attached hydrogens (primary N) is 1. The second-order valence-corrected chi connectivity index (χ2v) is 4.85. The second kappa shape index (κ2) is 5.25. The molecule has 5 heteroatoms. The number of hydrogen-bond acceptors (Lipinski definition) is 5. The van der Waals surface area contributed by atoms with Crippen molar-refractivity contribution in [2.24, 2.45) is 5.73 Å². The lowest BCUT2D eigenvalue weighted by atomic mass is 10.1. The van der Waals surface area contributed by atoms with E-state index in [4.69, 9.17) is 5.73 Å². The van der Waals surface area contributed by atoms with Crippen molar-refractivity contribution in [2.45, 2.75) is 26.8 Å². The van der Waals surface area contributed by atoms with Gasteiger partial charge in [0.25, 0.3) is 0 Å². The average molecular weight is 248 g/mol. The largest absolute Gasteiger partial charge is 0.330 e. The van der Waals surface area contributed by atoms with Crippen molar-refractivity contribution in [1.29, 1.82) is 0 Å². The van der Waals surface area contributed by atoms with Gasteiger partial charge in [-0.15, -0.1) is 10.2 Å². The topological polar surface area (TPSA) is 63.8 Å². The summed E-state index contributed by atoms with van der Waals surface area (Å²) in [6, 6.07) is 6.29. The van der Waals surface area contributed by atoms with Gasteiger partial charge in [0.1, 0.15) is 5.01 Å². The number of nitrogens with zero attached hydrogens (tertiary/aromatic N) is 2. The number of rotatable bonds is 4. The van der Waals surface area contributed by atoms with Gasteiger partial charge in [-0.25, -0.2) is 0 Å². The summed E-state index contributed by atoms with van der Waals surface area (Å²) in [5, 5.41) is 13.1. The predicted octanol–water partition coefficient (Wildman–Crippen LogP) is 2.61. The van der Waals surface area contributed by atoms with E-state index in [1.54, 1.807) is 0 Å². The zero-order valence-corrected chi connectivity index (χ0v) is 10.8. The van der Waals surface area contributed by atoms with Crippen molar-refractivity contribution in [3.8, 4) is 0 Å². The summed E-state index contributed by atoms with van der Waals surface area (Å²) in [5.74, 6) is 0. The van der Waals surface area contributed by atoms with Crippen LogP contribution in [0.25, 0.3) is 0 Å². The third-order valence-corrected chi connectivity index (χ3v) is 3.47. The normalized spacial score (nSPS) is 10.5. The molecule has 0 spiro atoms. The molecular weight excluding hydrogens is 232 g/mol. The van der Waals surface area contributed by atoms with Crippen molar-refractivity contribution in [2.75, 3.05) is 5.32 Å². The van der Waals surface area contributed by atoms with Crippen LogP contribution in [0, 0.1) is 6.92 Å². The fraction of sp³-hybridized carbons (Fsp3) is 0.333. The summed E-state index contributed by atoms with van der Waals surface area (Å²) >= 11 is 1.50. The van der Waals surface area contributed by atoms with Gasteiger partial charge in [-0.05, 0) is 24.5 Å². The Morgan fingerprint density at radius 1 is 1.35 bits per heavy atom. The second-order valence-electron chi connectivity index (χ2n) is 3.79. The lowest BCUT2D eigenvalue weighted by molar-refractivity contribution is 0.959. The molecule has 0 aliphatic carbocycles. The SMILES string of the molecule is CCc1cccc(C)c1Nc1nnc(CN)s1. The minimum Gasteiger partial charge on any atom is -0.330 e. The van der Waals surface area contributed by atoms with Crippen LogP contribution in [0.1, 0.15) is 23.1 Å². The number of anilines is 2. The Labute approximate surface area is 105 Å². The third-order valence-electron chi connectivity index (χ3n) is 2.61. The Hall–Kier alpha value is -1.46. The van der Waals surface area contributed by atoms with Gasteiger partial charge >= 0.3 is 0 Å². The summed E-state index contributed by atoms with van der Waals surface area (Å²) < 4.78 is 0. The summed E-state index contributed by atoms with van der Waals surface area (Å²) in [4.78, 5) is 0. The zero-order chi connectivity index (χ0) is 12.3. The maximum absolute atomic E-state index is 5.52. The number of nitrogens with one attached hydrogen (secondary N) is 1. The van der Waals surface area contributed by atoms with Crippen molar-refractivity contribution < 1.29 is 0 Å². The van der Waals surface area contributed by atoms with Crippen LogP contribution in [0.4, 0.5) is 10.8 Å². The van der Waals surface area contributed by atoms with E-state index in [1.165, 1.54) is 22.5 Å². The molecule has 3 N–H and O–H groups in total. The molecule has 4 nitrogen and oxygen atoms in total. The number of hydrogen-bond donors (Lipinski definition) is 2. The summed E-state index contributed by atoms with van der Waals surface area (Å²) in [7, 11) is 0. The van der Waals surface area contributed by atoms with E-state index in [1.807, 2.05) is 0 Å². The van der Waals surface area contributed by atoms with Gasteiger partial charge in [-0.2, -0.15) is 0 Å². The van der Waals surface area contributed by atoms with E-state index in [0.717, 1.165) is 22.2 Å².